The van der Waals surface area contributed by atoms with E-state index >= 15 is 0 Å². The molecule has 1 amide bonds. The number of hydrogen-bond donors (Lipinski definition) is 2. The largest absolute Gasteiger partial charge is 0.447 e. The number of carbonyl (C=O) groups excluding carboxylic acids is 1. The third-order valence-electron chi connectivity index (χ3n) is 2.38. The Morgan fingerprint density at radius 1 is 1.57 bits per heavy atom. The topological polar surface area (TPSA) is 67.8 Å². The third kappa shape index (κ3) is 3.16. The first-order valence-electron chi connectivity index (χ1n) is 4.85. The molecule has 0 bridgehead atoms. The third-order valence-corrected chi connectivity index (χ3v) is 2.38. The van der Waals surface area contributed by atoms with E-state index in [1.807, 2.05) is 0 Å². The molecule has 14 heavy (non-hydrogen) atoms. The van der Waals surface area contributed by atoms with Crippen molar-refractivity contribution < 1.29 is 19.4 Å². The van der Waals surface area contributed by atoms with Crippen LogP contribution < -0.4 is 5.32 Å². The van der Waals surface area contributed by atoms with Crippen LogP contribution in [0, 0.1) is 0 Å². The van der Waals surface area contributed by atoms with Crippen molar-refractivity contribution >= 4 is 6.09 Å². The first kappa shape index (κ1) is 11.3. The van der Waals surface area contributed by atoms with Gasteiger partial charge in [0, 0.05) is 7.11 Å². The molecule has 1 aliphatic carbocycles. The average Bonchev–Trinajstić information content (AvgIpc) is 2.62. The SMILES string of the molecule is COC1CCCC1NC(=O)OCCO. The monoisotopic (exact) mass is 203 g/mol. The van der Waals surface area contributed by atoms with E-state index < -0.39 is 6.09 Å². The summed E-state index contributed by atoms with van der Waals surface area (Å²) in [5.41, 5.74) is 0. The molecule has 1 saturated carbocycles. The molecule has 0 radical (unpaired) electrons. The van der Waals surface area contributed by atoms with E-state index in [9.17, 15) is 4.79 Å². The highest BCUT2D eigenvalue weighted by Gasteiger charge is 2.28. The maximum atomic E-state index is 11.1. The second-order valence-electron chi connectivity index (χ2n) is 3.32. The number of methoxy groups -OCH3 is 1. The highest BCUT2D eigenvalue weighted by atomic mass is 16.6. The molecule has 2 atom stereocenters. The fourth-order valence-corrected chi connectivity index (χ4v) is 1.70. The first-order chi connectivity index (χ1) is 6.77. The Hall–Kier alpha value is -0.810. The summed E-state index contributed by atoms with van der Waals surface area (Å²) in [5.74, 6) is 0. The Labute approximate surface area is 83.4 Å². The Morgan fingerprint density at radius 3 is 3.00 bits per heavy atom. The molecule has 0 aromatic carbocycles. The van der Waals surface area contributed by atoms with Crippen LogP contribution in [0.25, 0.3) is 0 Å². The van der Waals surface area contributed by atoms with Crippen molar-refractivity contribution in [2.24, 2.45) is 0 Å². The zero-order chi connectivity index (χ0) is 10.4. The van der Waals surface area contributed by atoms with Gasteiger partial charge >= 0.3 is 6.09 Å². The van der Waals surface area contributed by atoms with E-state index in [0.717, 1.165) is 19.3 Å². The van der Waals surface area contributed by atoms with Crippen molar-refractivity contribution in [3.8, 4) is 0 Å². The Bertz CT molecular complexity index is 186. The van der Waals surface area contributed by atoms with Crippen molar-refractivity contribution in [1.29, 1.82) is 0 Å². The minimum absolute atomic E-state index is 0.0379. The second kappa shape index (κ2) is 5.82. The number of carbonyl (C=O) groups is 1. The molecule has 5 heteroatoms. The summed E-state index contributed by atoms with van der Waals surface area (Å²) < 4.78 is 9.90. The van der Waals surface area contributed by atoms with Crippen molar-refractivity contribution in [2.75, 3.05) is 20.3 Å². The molecule has 2 unspecified atom stereocenters. The van der Waals surface area contributed by atoms with Gasteiger partial charge in [0.2, 0.25) is 0 Å². The van der Waals surface area contributed by atoms with E-state index in [4.69, 9.17) is 14.6 Å². The van der Waals surface area contributed by atoms with Gasteiger partial charge < -0.3 is 19.9 Å². The van der Waals surface area contributed by atoms with Gasteiger partial charge in [0.1, 0.15) is 6.61 Å². The van der Waals surface area contributed by atoms with Crippen LogP contribution in [-0.2, 0) is 9.47 Å². The number of nitrogens with one attached hydrogen (secondary N) is 1. The van der Waals surface area contributed by atoms with Gasteiger partial charge in [-0.3, -0.25) is 0 Å². The molecule has 0 aliphatic heterocycles. The molecule has 2 N–H and O–H groups in total. The molecule has 0 heterocycles. The van der Waals surface area contributed by atoms with Crippen LogP contribution in [0.15, 0.2) is 0 Å². The van der Waals surface area contributed by atoms with Crippen LogP contribution >= 0.6 is 0 Å². The number of amides is 1. The highest BCUT2D eigenvalue weighted by molar-refractivity contribution is 5.67. The summed E-state index contributed by atoms with van der Waals surface area (Å²) >= 11 is 0. The van der Waals surface area contributed by atoms with E-state index in [-0.39, 0.29) is 25.4 Å². The van der Waals surface area contributed by atoms with Gasteiger partial charge in [-0.05, 0) is 19.3 Å². The normalized spacial score (nSPS) is 26.1. The average molecular weight is 203 g/mol. The molecule has 1 fully saturated rings. The summed E-state index contributed by atoms with van der Waals surface area (Å²) in [6, 6.07) is 0.0474. The van der Waals surface area contributed by atoms with Crippen LogP contribution in [0.3, 0.4) is 0 Å². The van der Waals surface area contributed by atoms with Crippen LogP contribution in [-0.4, -0.2) is 43.7 Å². The smallest absolute Gasteiger partial charge is 0.407 e. The van der Waals surface area contributed by atoms with Crippen LogP contribution in [0.4, 0.5) is 4.79 Å². The van der Waals surface area contributed by atoms with Gasteiger partial charge in [-0.2, -0.15) is 0 Å². The predicted molar refractivity (Wildman–Crippen MR) is 50.0 cm³/mol. The lowest BCUT2D eigenvalue weighted by atomic mass is 10.2. The minimum atomic E-state index is -0.479. The summed E-state index contributed by atoms with van der Waals surface area (Å²) in [6.07, 6.45) is 2.57. The van der Waals surface area contributed by atoms with E-state index in [0.29, 0.717) is 0 Å². The van der Waals surface area contributed by atoms with E-state index in [2.05, 4.69) is 5.32 Å². The van der Waals surface area contributed by atoms with Crippen molar-refractivity contribution in [3.63, 3.8) is 0 Å². The molecule has 0 saturated heterocycles. The molecule has 0 aromatic rings. The summed E-state index contributed by atoms with van der Waals surface area (Å²) in [6.45, 7) is -0.109. The number of rotatable bonds is 4. The van der Waals surface area contributed by atoms with E-state index in [1.54, 1.807) is 7.11 Å². The van der Waals surface area contributed by atoms with Crippen molar-refractivity contribution in [3.05, 3.63) is 0 Å². The molecule has 0 aromatic heterocycles. The van der Waals surface area contributed by atoms with E-state index in [1.165, 1.54) is 0 Å². The van der Waals surface area contributed by atoms with Crippen LogP contribution in [0.5, 0.6) is 0 Å². The van der Waals surface area contributed by atoms with Crippen molar-refractivity contribution in [2.45, 2.75) is 31.4 Å². The molecule has 1 aliphatic rings. The minimum Gasteiger partial charge on any atom is -0.447 e. The van der Waals surface area contributed by atoms with Crippen LogP contribution in [0.1, 0.15) is 19.3 Å². The van der Waals surface area contributed by atoms with Gasteiger partial charge in [0.25, 0.3) is 0 Å². The molecule has 5 nitrogen and oxygen atoms in total. The molecule has 82 valence electrons. The quantitative estimate of drug-likeness (QED) is 0.688. The number of alkyl carbamates (subject to hydrolysis) is 1. The molecular formula is C9H17NO4. The molecule has 0 spiro atoms. The number of ether oxygens (including phenoxy) is 2. The van der Waals surface area contributed by atoms with Gasteiger partial charge in [-0.1, -0.05) is 0 Å². The highest BCUT2D eigenvalue weighted by Crippen LogP contribution is 2.21. The Kier molecular flexibility index (Phi) is 4.69. The lowest BCUT2D eigenvalue weighted by Gasteiger charge is -2.18. The summed E-state index contributed by atoms with van der Waals surface area (Å²) in [5, 5.41) is 11.2. The molecule has 1 rings (SSSR count). The summed E-state index contributed by atoms with van der Waals surface area (Å²) in [7, 11) is 1.64. The fourth-order valence-electron chi connectivity index (χ4n) is 1.70. The zero-order valence-corrected chi connectivity index (χ0v) is 8.36. The predicted octanol–water partition coefficient (Wildman–Crippen LogP) is 0.272. The second-order valence-corrected chi connectivity index (χ2v) is 3.32. The maximum absolute atomic E-state index is 11.1. The number of hydrogen-bond acceptors (Lipinski definition) is 4. The van der Waals surface area contributed by atoms with Gasteiger partial charge in [-0.15, -0.1) is 0 Å². The standard InChI is InChI=1S/C9H17NO4/c1-13-8-4-2-3-7(8)10-9(12)14-6-5-11/h7-8,11H,2-6H2,1H3,(H,10,12). The number of aliphatic hydroxyl groups excluding tert-OH is 1. The molecular weight excluding hydrogens is 186 g/mol. The van der Waals surface area contributed by atoms with Gasteiger partial charge in [0.05, 0.1) is 18.8 Å². The van der Waals surface area contributed by atoms with Crippen LogP contribution in [0.2, 0.25) is 0 Å². The van der Waals surface area contributed by atoms with Crippen molar-refractivity contribution in [1.82, 2.24) is 5.32 Å². The maximum Gasteiger partial charge on any atom is 0.407 e. The lowest BCUT2D eigenvalue weighted by molar-refractivity contribution is 0.0744. The summed E-state index contributed by atoms with van der Waals surface area (Å²) in [4.78, 5) is 11.1. The lowest BCUT2D eigenvalue weighted by Crippen LogP contribution is -2.41. The zero-order valence-electron chi connectivity index (χ0n) is 8.36. The van der Waals surface area contributed by atoms with Gasteiger partial charge in [0.15, 0.2) is 0 Å². The first-order valence-corrected chi connectivity index (χ1v) is 4.85. The number of aliphatic hydroxyl groups is 1. The Morgan fingerprint density at radius 2 is 2.36 bits per heavy atom. The van der Waals surface area contributed by atoms with Gasteiger partial charge in [-0.25, -0.2) is 4.79 Å². The fraction of sp³-hybridized carbons (Fsp3) is 0.889. The Balaban J connectivity index is 2.25.